The summed E-state index contributed by atoms with van der Waals surface area (Å²) in [6.45, 7) is 6.39. The van der Waals surface area contributed by atoms with E-state index in [1.807, 2.05) is 24.6 Å². The summed E-state index contributed by atoms with van der Waals surface area (Å²) < 4.78 is 173. The molecule has 0 spiro atoms. The number of rotatable bonds is 23. The molecule has 16 rings (SSSR count). The zero-order valence-corrected chi connectivity index (χ0v) is 66.8. The molecule has 598 valence electrons. The van der Waals surface area contributed by atoms with Crippen LogP contribution in [0.4, 0.5) is 66.2 Å². The Kier molecular flexibility index (Phi) is 24.4. The molecule has 3 aromatic carbocycles. The average Bonchev–Trinajstić information content (AvgIpc) is 1.62. The number of carbonyl (C=O) groups excluding carboxylic acids is 3. The summed E-state index contributed by atoms with van der Waals surface area (Å²) in [4.78, 5) is 69.9. The van der Waals surface area contributed by atoms with E-state index in [4.69, 9.17) is 26.8 Å². The van der Waals surface area contributed by atoms with Gasteiger partial charge in [-0.2, -0.15) is 0 Å². The molecule has 3 aliphatic heterocycles. The number of carbonyl (C=O) groups is 3. The van der Waals surface area contributed by atoms with Gasteiger partial charge in [0.25, 0.3) is 19.3 Å². The van der Waals surface area contributed by atoms with Gasteiger partial charge in [0.15, 0.2) is 52.5 Å². The normalized spacial score (nSPS) is 17.1. The number of amides is 1. The van der Waals surface area contributed by atoms with Crippen LogP contribution in [0.5, 0.6) is 0 Å². The summed E-state index contributed by atoms with van der Waals surface area (Å²) in [5.74, 6) is -0.703. The number of benzene rings is 3. The van der Waals surface area contributed by atoms with Crippen LogP contribution in [0.3, 0.4) is 0 Å². The minimum Gasteiger partial charge on any atom is -0.369 e. The fraction of sp³-hybridized carbons (Fsp3) is 0.408. The quantitative estimate of drug-likeness (QED) is 0.0341. The molecule has 0 radical (unpaired) electrons. The number of alkyl halides is 6. The number of fused-ring (bicyclic) bond motifs is 3. The number of ketones is 2. The Bertz CT molecular complexity index is 5740. The molecule has 3 aliphatic carbocycles. The molecule has 37 heteroatoms. The zero-order chi connectivity index (χ0) is 80.7. The minimum atomic E-state index is -3.72. The van der Waals surface area contributed by atoms with Crippen LogP contribution in [0.15, 0.2) is 103 Å². The van der Waals surface area contributed by atoms with Gasteiger partial charge in [0.05, 0.1) is 71.6 Å². The van der Waals surface area contributed by atoms with Gasteiger partial charge in [-0.3, -0.25) is 28.5 Å². The molecule has 2 unspecified atom stereocenters. The van der Waals surface area contributed by atoms with E-state index < -0.39 is 72.9 Å². The van der Waals surface area contributed by atoms with Crippen molar-refractivity contribution in [2.24, 2.45) is 28.5 Å². The summed E-state index contributed by atoms with van der Waals surface area (Å²) in [7, 11) is -10.9. The number of thiazole rings is 2. The van der Waals surface area contributed by atoms with Crippen molar-refractivity contribution in [2.45, 2.75) is 164 Å². The summed E-state index contributed by atoms with van der Waals surface area (Å²) in [6, 6.07) is 19.4. The number of primary amides is 1. The van der Waals surface area contributed by atoms with E-state index in [1.165, 1.54) is 43.9 Å². The lowest BCUT2D eigenvalue weighted by molar-refractivity contribution is -0.120. The van der Waals surface area contributed by atoms with Crippen LogP contribution in [-0.2, 0) is 72.6 Å². The molecule has 25 nitrogen and oxygen atoms in total. The first kappa shape index (κ1) is 81.8. The summed E-state index contributed by atoms with van der Waals surface area (Å²) in [5.41, 5.74) is 12.1. The van der Waals surface area contributed by atoms with Crippen molar-refractivity contribution in [3.63, 3.8) is 0 Å². The maximum absolute atomic E-state index is 14.3. The molecule has 10 aromatic rings. The fourth-order valence-electron chi connectivity index (χ4n) is 13.2. The Balaban J connectivity index is 0.000000144. The molecular formula is C76H79ClF6N14O11S5. The monoisotopic (exact) mass is 1670 g/mol. The number of aliphatic imine (C=N–C) groups is 1. The predicted octanol–water partition coefficient (Wildman–Crippen LogP) is 16.3. The predicted molar refractivity (Wildman–Crippen MR) is 418 cm³/mol. The number of sulfone groups is 3. The van der Waals surface area contributed by atoms with Crippen molar-refractivity contribution in [1.82, 2.24) is 44.0 Å². The number of imidazole rings is 2. The topological polar surface area (TPSA) is 347 Å². The van der Waals surface area contributed by atoms with E-state index in [0.717, 1.165) is 99.9 Å². The lowest BCUT2D eigenvalue weighted by Gasteiger charge is -2.25. The van der Waals surface area contributed by atoms with Crippen LogP contribution in [0, 0.1) is 38.5 Å². The molecule has 7 aromatic heterocycles. The third-order valence-corrected chi connectivity index (χ3v) is 24.8. The van der Waals surface area contributed by atoms with Crippen molar-refractivity contribution in [2.75, 3.05) is 47.9 Å². The number of hydrogen-bond acceptors (Lipinski definition) is 24. The van der Waals surface area contributed by atoms with Gasteiger partial charge in [0, 0.05) is 108 Å². The van der Waals surface area contributed by atoms with Gasteiger partial charge in [-0.1, -0.05) is 17.7 Å². The van der Waals surface area contributed by atoms with E-state index in [2.05, 4.69) is 55.8 Å². The molecule has 3 saturated carbocycles. The van der Waals surface area contributed by atoms with Crippen molar-refractivity contribution < 1.29 is 75.5 Å². The highest BCUT2D eigenvalue weighted by Gasteiger charge is 2.36. The van der Waals surface area contributed by atoms with Gasteiger partial charge in [-0.15, -0.1) is 22.7 Å². The maximum Gasteiger partial charge on any atom is 0.295 e. The fourth-order valence-corrected chi connectivity index (χ4v) is 17.6. The maximum atomic E-state index is 14.3. The number of pyridine rings is 3. The SMILES string of the molecule is Cc1ccc(Nc2cc(Cl)nc3c2nc(C(F)F)n3C2CCCCO2)c(S(C)(=O)=O)c1.Cc1csc(-c2ccc(Nc3cc(CC(=O)C4CC4)nc4c3N=C(C(F)F)C4)c(S(C)(=O)=O)c2)n1.Cc1csc(-c2ccc(Nc3cc(CC(=O)C4CC4)nc4c3nc(C(F)F)n4C3CCCCO3)c(S(C)(=O)=O)c2)n1.NC(=O)C1CC1. The number of halogens is 7. The van der Waals surface area contributed by atoms with E-state index in [0.29, 0.717) is 75.7 Å². The first-order chi connectivity index (χ1) is 53.6. The zero-order valence-electron chi connectivity index (χ0n) is 61.9. The number of nitrogens with one attached hydrogen (secondary N) is 3. The summed E-state index contributed by atoms with van der Waals surface area (Å²) in [5, 5.41) is 14.4. The second-order valence-electron chi connectivity index (χ2n) is 28.7. The summed E-state index contributed by atoms with van der Waals surface area (Å²) in [6.07, 6.45) is 3.40. The van der Waals surface area contributed by atoms with Gasteiger partial charge in [0.1, 0.15) is 55.9 Å². The summed E-state index contributed by atoms with van der Waals surface area (Å²) >= 11 is 9.02. The lowest BCUT2D eigenvalue weighted by Crippen LogP contribution is -2.21. The van der Waals surface area contributed by atoms with E-state index in [9.17, 15) is 66.0 Å². The highest BCUT2D eigenvalue weighted by atomic mass is 35.5. The van der Waals surface area contributed by atoms with Gasteiger partial charge in [-0.05, 0) is 164 Å². The standard InChI is InChI=1S/C28H29F2N5O4S2.C24H22F2N4O3S2.C20H21ClF2N4O3S.C4H7NO/c1-15-14-40-28(31-15)17-8-9-19(22(11-17)41(2,37)38)33-20-12-18(13-21(36)16-6-7-16)32-26-24(20)34-27(25(29)30)35(26)23-5-3-4-10-39-23;1-12-11-34-24(27-12)14-5-6-16(21(7-14)35(2,32)33)29-17-8-15(9-20(31)13-3-4-13)28-18-10-19(23(25)26)30-22(17)18;1-11-6-7-12(14(9-11)31(2,28)29)24-13-10-15(21)25-19-17(13)26-20(18(22)23)27(19)16-5-3-4-8-30-16;5-4(6)3-1-2-3/h8-9,11-12,14,16,23,25H,3-7,10,13H2,1-2H3,(H,32,33);5-8,11,13,23H,3-4,9-10H2,1-2H3,(H,28,29);6-7,9-10,16,18H,3-5,8H2,1-2H3,(H,24,25);3H,1-2H2,(H2,5,6). The number of nitrogens with zero attached hydrogens (tertiary/aromatic N) is 10. The first-order valence-corrected chi connectivity index (χ1v) is 44.1. The molecular weight excluding hydrogens is 1590 g/mol. The Morgan fingerprint density at radius 2 is 0.956 bits per heavy atom. The van der Waals surface area contributed by atoms with E-state index in [1.54, 1.807) is 67.6 Å². The van der Waals surface area contributed by atoms with Crippen LogP contribution in [0.2, 0.25) is 5.15 Å². The number of hydrogen-bond donors (Lipinski definition) is 4. The van der Waals surface area contributed by atoms with Crippen molar-refractivity contribution in [1.29, 1.82) is 0 Å². The van der Waals surface area contributed by atoms with Gasteiger partial charge >= 0.3 is 0 Å². The largest absolute Gasteiger partial charge is 0.369 e. The van der Waals surface area contributed by atoms with Gasteiger partial charge in [0.2, 0.25) is 5.91 Å². The van der Waals surface area contributed by atoms with Crippen LogP contribution in [0.1, 0.15) is 148 Å². The second-order valence-corrected chi connectivity index (χ2v) is 36.7. The molecule has 0 bridgehead atoms. The van der Waals surface area contributed by atoms with Gasteiger partial charge in [-0.25, -0.2) is 86.5 Å². The molecule has 6 aliphatic rings. The average molecular weight is 1670 g/mol. The molecule has 1 amide bonds. The number of Topliss-reactive ketones (excluding diaryl/α,β-unsaturated/α-hetero) is 2. The Morgan fingerprint density at radius 1 is 0.522 bits per heavy atom. The molecule has 113 heavy (non-hydrogen) atoms. The molecule has 2 saturated heterocycles. The Hall–Kier alpha value is -9.17. The number of ether oxygens (including phenoxy) is 2. The van der Waals surface area contributed by atoms with E-state index in [-0.39, 0.29) is 131 Å². The highest BCUT2D eigenvalue weighted by molar-refractivity contribution is 7.91. The Morgan fingerprint density at radius 3 is 1.36 bits per heavy atom. The van der Waals surface area contributed by atoms with Crippen molar-refractivity contribution in [3.8, 4) is 21.1 Å². The van der Waals surface area contributed by atoms with Crippen LogP contribution in [0.25, 0.3) is 43.5 Å². The van der Waals surface area contributed by atoms with E-state index >= 15 is 0 Å². The van der Waals surface area contributed by atoms with Crippen molar-refractivity contribution in [3.05, 3.63) is 134 Å². The number of aromatic nitrogens is 9. The number of aryl methyl sites for hydroxylation is 3. The third kappa shape index (κ3) is 19.6. The first-order valence-electron chi connectivity index (χ1n) is 36.3. The van der Waals surface area contributed by atoms with Crippen molar-refractivity contribution >= 4 is 149 Å². The minimum absolute atomic E-state index is 0.00833. The smallest absolute Gasteiger partial charge is 0.295 e. The highest BCUT2D eigenvalue weighted by Crippen LogP contribution is 2.44. The lowest BCUT2D eigenvalue weighted by atomic mass is 10.1. The molecule has 10 heterocycles. The molecule has 2 atom stereocenters. The Labute approximate surface area is 659 Å². The third-order valence-electron chi connectivity index (χ3n) is 19.2. The van der Waals surface area contributed by atoms with Crippen LogP contribution >= 0.6 is 34.3 Å². The van der Waals surface area contributed by atoms with Crippen LogP contribution in [-0.4, -0.2) is 131 Å². The molecule has 5 fully saturated rings. The van der Waals surface area contributed by atoms with Crippen LogP contribution < -0.4 is 21.7 Å². The van der Waals surface area contributed by atoms with Gasteiger partial charge < -0.3 is 31.2 Å². The second kappa shape index (κ2) is 33.7. The molecule has 5 N–H and O–H groups in total. The number of nitrogens with two attached hydrogens (primary N) is 1. The number of anilines is 6.